The van der Waals surface area contributed by atoms with E-state index in [1.807, 2.05) is 0 Å². The van der Waals surface area contributed by atoms with Crippen LogP contribution in [-0.4, -0.2) is 21.6 Å². The van der Waals surface area contributed by atoms with Gasteiger partial charge in [0.05, 0.1) is 6.26 Å². The number of hydrogen-bond acceptors (Lipinski definition) is 3. The Labute approximate surface area is 41.5 Å². The number of rotatable bonds is 2. The first-order chi connectivity index (χ1) is 3.27. The van der Waals surface area contributed by atoms with Crippen molar-refractivity contribution in [2.24, 2.45) is 0 Å². The Hall–Kier alpha value is -0.540. The largest absolute Gasteiger partial charge is 0.516 e. The van der Waals surface area contributed by atoms with Gasteiger partial charge < -0.3 is 15.3 Å². The van der Waals surface area contributed by atoms with Crippen LogP contribution >= 0.6 is 0 Å². The van der Waals surface area contributed by atoms with E-state index in [9.17, 15) is 0 Å². The molecule has 0 aliphatic rings. The summed E-state index contributed by atoms with van der Waals surface area (Å²) in [5.41, 5.74) is 0. The molecule has 0 saturated heterocycles. The highest BCUT2D eigenvalue weighted by atomic mass is 16.5. The van der Waals surface area contributed by atoms with Crippen LogP contribution in [0.1, 0.15) is 6.42 Å². The van der Waals surface area contributed by atoms with E-state index >= 15 is 0 Å². The molecule has 0 atom stereocenters. The molecule has 7 heavy (non-hydrogen) atoms. The average molecular weight is 104 g/mol. The van der Waals surface area contributed by atoms with Crippen LogP contribution in [0.15, 0.2) is 12.3 Å². The van der Waals surface area contributed by atoms with E-state index in [2.05, 4.69) is 0 Å². The summed E-state index contributed by atoms with van der Waals surface area (Å²) in [7, 11) is 0. The molecule has 0 fully saturated rings. The summed E-state index contributed by atoms with van der Waals surface area (Å²) in [5, 5.41) is 24.1. The fraction of sp³-hybridized carbons (Fsp3) is 0.500. The van der Waals surface area contributed by atoms with Gasteiger partial charge in [0.1, 0.15) is 0 Å². The Kier molecular flexibility index (Phi) is 3.36. The topological polar surface area (TPSA) is 60.7 Å². The third-order valence-corrected chi connectivity index (χ3v) is 0.452. The van der Waals surface area contributed by atoms with Crippen LogP contribution in [0.3, 0.4) is 0 Å². The van der Waals surface area contributed by atoms with Gasteiger partial charge in [-0.25, -0.2) is 0 Å². The minimum atomic E-state index is -1.34. The van der Waals surface area contributed by atoms with Crippen molar-refractivity contribution in [3.8, 4) is 0 Å². The molecule has 0 spiro atoms. The molecule has 0 bridgehead atoms. The molecule has 3 N–H and O–H groups in total. The molecule has 0 saturated carbocycles. The first-order valence-electron chi connectivity index (χ1n) is 1.92. The van der Waals surface area contributed by atoms with Crippen molar-refractivity contribution in [3.05, 3.63) is 12.3 Å². The summed E-state index contributed by atoms with van der Waals surface area (Å²) in [4.78, 5) is 0. The lowest BCUT2D eigenvalue weighted by atomic mass is 10.4. The summed E-state index contributed by atoms with van der Waals surface area (Å²) in [6, 6.07) is 0. The molecule has 42 valence electrons. The maximum atomic E-state index is 8.08. The Balaban J connectivity index is 2.97. The third kappa shape index (κ3) is 5.46. The summed E-state index contributed by atoms with van der Waals surface area (Å²) in [5.74, 6) is 0. The molecule has 0 unspecified atom stereocenters. The average Bonchev–Trinajstić information content (AvgIpc) is 1.61. The smallest absolute Gasteiger partial charge is 0.155 e. The van der Waals surface area contributed by atoms with Crippen LogP contribution in [0.4, 0.5) is 0 Å². The minimum Gasteiger partial charge on any atom is -0.516 e. The van der Waals surface area contributed by atoms with Gasteiger partial charge in [-0.3, -0.25) is 0 Å². The lowest BCUT2D eigenvalue weighted by Gasteiger charge is -1.92. The zero-order valence-corrected chi connectivity index (χ0v) is 3.78. The standard InChI is InChI=1S/C4H8O3/c5-3-1-2-4(6)7/h1,3-7H,2H2/b3-1+. The maximum Gasteiger partial charge on any atom is 0.155 e. The predicted octanol–water partition coefficient (Wildman–Crippen LogP) is -0.241. The molecule has 0 radical (unpaired) electrons. The first-order valence-corrected chi connectivity index (χ1v) is 1.92. The van der Waals surface area contributed by atoms with E-state index in [4.69, 9.17) is 15.3 Å². The zero-order chi connectivity index (χ0) is 5.70. The van der Waals surface area contributed by atoms with E-state index in [1.54, 1.807) is 0 Å². The highest BCUT2D eigenvalue weighted by molar-refractivity contribution is 4.71. The van der Waals surface area contributed by atoms with Gasteiger partial charge in [0.2, 0.25) is 0 Å². The number of aliphatic hydroxyl groups excluding tert-OH is 2. The molecule has 3 heteroatoms. The molecule has 0 aromatic heterocycles. The summed E-state index contributed by atoms with van der Waals surface area (Å²) in [6.07, 6.45) is 0.768. The van der Waals surface area contributed by atoms with Crippen molar-refractivity contribution in [3.63, 3.8) is 0 Å². The van der Waals surface area contributed by atoms with Crippen LogP contribution in [-0.2, 0) is 0 Å². The summed E-state index contributed by atoms with van der Waals surface area (Å²) >= 11 is 0. The Morgan fingerprint density at radius 1 is 1.43 bits per heavy atom. The normalized spacial score (nSPS) is 11.3. The van der Waals surface area contributed by atoms with Crippen molar-refractivity contribution in [1.82, 2.24) is 0 Å². The summed E-state index contributed by atoms with van der Waals surface area (Å²) in [6.45, 7) is 0. The van der Waals surface area contributed by atoms with Crippen LogP contribution in [0.5, 0.6) is 0 Å². The molecule has 0 aliphatic carbocycles. The zero-order valence-electron chi connectivity index (χ0n) is 3.78. The second-order valence-corrected chi connectivity index (χ2v) is 1.10. The van der Waals surface area contributed by atoms with E-state index in [0.29, 0.717) is 0 Å². The van der Waals surface area contributed by atoms with Crippen molar-refractivity contribution in [2.45, 2.75) is 12.7 Å². The van der Waals surface area contributed by atoms with Crippen molar-refractivity contribution in [1.29, 1.82) is 0 Å². The van der Waals surface area contributed by atoms with Crippen molar-refractivity contribution in [2.75, 3.05) is 0 Å². The van der Waals surface area contributed by atoms with Crippen LogP contribution in [0, 0.1) is 0 Å². The van der Waals surface area contributed by atoms with Gasteiger partial charge in [0, 0.05) is 6.42 Å². The van der Waals surface area contributed by atoms with E-state index < -0.39 is 6.29 Å². The SMILES string of the molecule is O/C=C/CC(O)O. The molecule has 0 aromatic rings. The van der Waals surface area contributed by atoms with E-state index in [-0.39, 0.29) is 6.42 Å². The van der Waals surface area contributed by atoms with Crippen LogP contribution in [0.25, 0.3) is 0 Å². The maximum absolute atomic E-state index is 8.08. The Morgan fingerprint density at radius 3 is 2.14 bits per heavy atom. The number of aliphatic hydroxyl groups is 3. The second kappa shape index (κ2) is 3.64. The van der Waals surface area contributed by atoms with Crippen molar-refractivity contribution >= 4 is 0 Å². The molecule has 0 amide bonds. The van der Waals surface area contributed by atoms with E-state index in [0.717, 1.165) is 6.26 Å². The minimum absolute atomic E-state index is 0.0799. The highest BCUT2D eigenvalue weighted by Crippen LogP contribution is 1.84. The monoisotopic (exact) mass is 104 g/mol. The van der Waals surface area contributed by atoms with E-state index in [1.165, 1.54) is 6.08 Å². The lowest BCUT2D eigenvalue weighted by molar-refractivity contribution is -0.0363. The predicted molar refractivity (Wildman–Crippen MR) is 24.6 cm³/mol. The van der Waals surface area contributed by atoms with Gasteiger partial charge in [-0.1, -0.05) is 0 Å². The Bertz CT molecular complexity index is 58.0. The van der Waals surface area contributed by atoms with Gasteiger partial charge in [0.15, 0.2) is 6.29 Å². The fourth-order valence-electron chi connectivity index (χ4n) is 0.183. The molecular formula is C4H8O3. The molecule has 0 aromatic carbocycles. The van der Waals surface area contributed by atoms with Gasteiger partial charge in [-0.05, 0) is 6.08 Å². The fourth-order valence-corrected chi connectivity index (χ4v) is 0.183. The quantitative estimate of drug-likeness (QED) is 0.334. The van der Waals surface area contributed by atoms with Gasteiger partial charge in [0.25, 0.3) is 0 Å². The van der Waals surface area contributed by atoms with Gasteiger partial charge >= 0.3 is 0 Å². The van der Waals surface area contributed by atoms with Gasteiger partial charge in [-0.2, -0.15) is 0 Å². The van der Waals surface area contributed by atoms with Crippen LogP contribution in [0.2, 0.25) is 0 Å². The lowest BCUT2D eigenvalue weighted by Crippen LogP contribution is -2.00. The highest BCUT2D eigenvalue weighted by Gasteiger charge is 1.88. The van der Waals surface area contributed by atoms with Crippen LogP contribution < -0.4 is 0 Å². The van der Waals surface area contributed by atoms with Crippen molar-refractivity contribution < 1.29 is 15.3 Å². The molecule has 3 nitrogen and oxygen atoms in total. The number of hydrogen-bond donors (Lipinski definition) is 3. The van der Waals surface area contributed by atoms with Gasteiger partial charge in [-0.15, -0.1) is 0 Å². The third-order valence-electron chi connectivity index (χ3n) is 0.452. The first kappa shape index (κ1) is 6.46. The molecule has 0 aliphatic heterocycles. The molecule has 0 rings (SSSR count). The molecule has 0 heterocycles. The second-order valence-electron chi connectivity index (χ2n) is 1.10. The summed E-state index contributed by atoms with van der Waals surface area (Å²) < 4.78 is 0. The Morgan fingerprint density at radius 2 is 2.00 bits per heavy atom. The molecular weight excluding hydrogens is 96.0 g/mol.